The Morgan fingerprint density at radius 1 is 1.56 bits per heavy atom. The van der Waals surface area contributed by atoms with Gasteiger partial charge in [0.15, 0.2) is 0 Å². The van der Waals surface area contributed by atoms with E-state index in [1.807, 2.05) is 0 Å². The number of H-pyrrole nitrogens is 1. The molecule has 0 bridgehead atoms. The minimum atomic E-state index is -0.353. The third-order valence-corrected chi connectivity index (χ3v) is 3.60. The molecule has 1 aliphatic rings. The lowest BCUT2D eigenvalue weighted by molar-refractivity contribution is -0.0848. The van der Waals surface area contributed by atoms with Gasteiger partial charge >= 0.3 is 0 Å². The number of hydrogen-bond donors (Lipinski definition) is 2. The highest BCUT2D eigenvalue weighted by Crippen LogP contribution is 2.42. The molecule has 0 amide bonds. The van der Waals surface area contributed by atoms with Gasteiger partial charge in [0.05, 0.1) is 0 Å². The second kappa shape index (κ2) is 5.63. The van der Waals surface area contributed by atoms with E-state index < -0.39 is 0 Å². The maximum Gasteiger partial charge on any atom is 0.255 e. The fourth-order valence-electron chi connectivity index (χ4n) is 2.21. The highest BCUT2D eigenvalue weighted by molar-refractivity contribution is 5.12. The van der Waals surface area contributed by atoms with Crippen molar-refractivity contribution >= 4 is 0 Å². The van der Waals surface area contributed by atoms with Gasteiger partial charge in [-0.1, -0.05) is 6.92 Å². The number of hydrogen-bond acceptors (Lipinski definition) is 4. The first-order valence-corrected chi connectivity index (χ1v) is 6.56. The summed E-state index contributed by atoms with van der Waals surface area (Å²) in [6.07, 6.45) is 5.70. The summed E-state index contributed by atoms with van der Waals surface area (Å²) in [5.41, 5.74) is 0.263. The van der Waals surface area contributed by atoms with Gasteiger partial charge in [0.2, 0.25) is 0 Å². The van der Waals surface area contributed by atoms with E-state index in [2.05, 4.69) is 22.2 Å². The Kier molecular flexibility index (Phi) is 4.14. The molecule has 0 saturated heterocycles. The van der Waals surface area contributed by atoms with Crippen LogP contribution in [0.3, 0.4) is 0 Å². The van der Waals surface area contributed by atoms with Gasteiger partial charge in [0.25, 0.3) is 5.56 Å². The van der Waals surface area contributed by atoms with E-state index in [1.54, 1.807) is 13.3 Å². The van der Waals surface area contributed by atoms with Crippen molar-refractivity contribution in [3.8, 4) is 0 Å². The highest BCUT2D eigenvalue weighted by Gasteiger charge is 2.41. The molecular weight excluding hydrogens is 230 g/mol. The molecule has 5 nitrogen and oxygen atoms in total. The molecule has 2 N–H and O–H groups in total. The number of rotatable bonds is 6. The molecule has 0 atom stereocenters. The van der Waals surface area contributed by atoms with E-state index in [0.29, 0.717) is 17.9 Å². The molecule has 1 aromatic rings. The summed E-state index contributed by atoms with van der Waals surface area (Å²) in [5.74, 6) is 0.667. The lowest BCUT2D eigenvalue weighted by atomic mass is 9.79. The number of aromatic nitrogens is 2. The Hall–Kier alpha value is -1.20. The van der Waals surface area contributed by atoms with Crippen LogP contribution < -0.4 is 10.9 Å². The Morgan fingerprint density at radius 3 is 2.83 bits per heavy atom. The van der Waals surface area contributed by atoms with Crippen LogP contribution in [-0.4, -0.2) is 23.6 Å². The van der Waals surface area contributed by atoms with E-state index in [-0.39, 0.29) is 11.2 Å². The summed E-state index contributed by atoms with van der Waals surface area (Å²) in [7, 11) is 1.68. The van der Waals surface area contributed by atoms with Crippen LogP contribution in [0.2, 0.25) is 0 Å². The quantitative estimate of drug-likeness (QED) is 0.748. The molecule has 0 unspecified atom stereocenters. The Bertz CT molecular complexity index is 446. The standard InChI is InChI=1S/C13H21N3O2/c1-3-7-14-8-10-9-15-12(16-11(10)17)13(18-2)5-4-6-13/h9,14H,3-8H2,1-2H3,(H,15,16,17). The van der Waals surface area contributed by atoms with E-state index >= 15 is 0 Å². The molecule has 1 saturated carbocycles. The maximum atomic E-state index is 11.9. The Morgan fingerprint density at radius 2 is 2.33 bits per heavy atom. The van der Waals surface area contributed by atoms with Crippen LogP contribution in [0.1, 0.15) is 44.0 Å². The number of ether oxygens (including phenoxy) is 1. The van der Waals surface area contributed by atoms with Crippen LogP contribution in [0.5, 0.6) is 0 Å². The van der Waals surface area contributed by atoms with Gasteiger partial charge in [-0.05, 0) is 32.2 Å². The molecule has 0 aromatic carbocycles. The van der Waals surface area contributed by atoms with E-state index in [4.69, 9.17) is 4.74 Å². The van der Waals surface area contributed by atoms with Crippen molar-refractivity contribution in [2.75, 3.05) is 13.7 Å². The van der Waals surface area contributed by atoms with Gasteiger partial charge in [-0.3, -0.25) is 4.79 Å². The largest absolute Gasteiger partial charge is 0.370 e. The third kappa shape index (κ3) is 2.47. The second-order valence-corrected chi connectivity index (χ2v) is 4.81. The van der Waals surface area contributed by atoms with Crippen molar-refractivity contribution in [1.82, 2.24) is 15.3 Å². The van der Waals surface area contributed by atoms with Gasteiger partial charge < -0.3 is 15.0 Å². The van der Waals surface area contributed by atoms with Gasteiger partial charge in [-0.15, -0.1) is 0 Å². The van der Waals surface area contributed by atoms with Crippen LogP contribution in [-0.2, 0) is 16.9 Å². The fraction of sp³-hybridized carbons (Fsp3) is 0.692. The first-order valence-electron chi connectivity index (χ1n) is 6.56. The zero-order chi connectivity index (χ0) is 13.0. The lowest BCUT2D eigenvalue weighted by Crippen LogP contribution is -2.40. The number of nitrogens with one attached hydrogen (secondary N) is 2. The van der Waals surface area contributed by atoms with E-state index in [1.165, 1.54) is 0 Å². The van der Waals surface area contributed by atoms with Crippen LogP contribution in [0.15, 0.2) is 11.0 Å². The molecule has 18 heavy (non-hydrogen) atoms. The van der Waals surface area contributed by atoms with E-state index in [9.17, 15) is 4.79 Å². The van der Waals surface area contributed by atoms with Gasteiger partial charge in [0, 0.05) is 25.4 Å². The molecule has 1 aliphatic carbocycles. The number of aromatic amines is 1. The predicted molar refractivity (Wildman–Crippen MR) is 69.4 cm³/mol. The van der Waals surface area contributed by atoms with Crippen molar-refractivity contribution < 1.29 is 4.74 Å². The highest BCUT2D eigenvalue weighted by atomic mass is 16.5. The summed E-state index contributed by atoms with van der Waals surface area (Å²) in [6.45, 7) is 3.57. The monoisotopic (exact) mass is 251 g/mol. The normalized spacial score (nSPS) is 17.4. The predicted octanol–water partition coefficient (Wildman–Crippen LogP) is 1.30. The minimum absolute atomic E-state index is 0.0630. The summed E-state index contributed by atoms with van der Waals surface area (Å²) in [4.78, 5) is 19.2. The van der Waals surface area contributed by atoms with Gasteiger partial charge in [-0.2, -0.15) is 0 Å². The molecule has 2 rings (SSSR count). The lowest BCUT2D eigenvalue weighted by Gasteiger charge is -2.39. The number of nitrogens with zero attached hydrogens (tertiary/aromatic N) is 1. The summed E-state index contributed by atoms with van der Waals surface area (Å²) < 4.78 is 5.50. The first kappa shape index (κ1) is 13.2. The molecule has 1 fully saturated rings. The molecule has 1 heterocycles. The maximum absolute atomic E-state index is 11.9. The number of methoxy groups -OCH3 is 1. The van der Waals surface area contributed by atoms with Gasteiger partial charge in [0.1, 0.15) is 11.4 Å². The molecule has 0 radical (unpaired) electrons. The van der Waals surface area contributed by atoms with Gasteiger partial charge in [-0.25, -0.2) is 4.98 Å². The van der Waals surface area contributed by atoms with Crippen LogP contribution >= 0.6 is 0 Å². The molecular formula is C13H21N3O2. The average Bonchev–Trinajstić information content (AvgIpc) is 2.31. The summed E-state index contributed by atoms with van der Waals surface area (Å²) in [6, 6.07) is 0. The Balaban J connectivity index is 2.12. The Labute approximate surface area is 107 Å². The van der Waals surface area contributed by atoms with Crippen LogP contribution in [0.25, 0.3) is 0 Å². The smallest absolute Gasteiger partial charge is 0.255 e. The molecule has 0 aliphatic heterocycles. The second-order valence-electron chi connectivity index (χ2n) is 4.81. The molecule has 100 valence electrons. The summed E-state index contributed by atoms with van der Waals surface area (Å²) in [5, 5.41) is 3.20. The molecule has 1 aromatic heterocycles. The summed E-state index contributed by atoms with van der Waals surface area (Å²) >= 11 is 0. The SMILES string of the molecule is CCCNCc1cnc(C2(OC)CCC2)[nH]c1=O. The molecule has 5 heteroatoms. The van der Waals surface area contributed by atoms with E-state index in [0.717, 1.165) is 32.2 Å². The molecule has 0 spiro atoms. The zero-order valence-electron chi connectivity index (χ0n) is 11.1. The van der Waals surface area contributed by atoms with Crippen molar-refractivity contribution in [3.05, 3.63) is 27.9 Å². The van der Waals surface area contributed by atoms with Crippen molar-refractivity contribution in [1.29, 1.82) is 0 Å². The minimum Gasteiger partial charge on any atom is -0.370 e. The van der Waals surface area contributed by atoms with Crippen LogP contribution in [0, 0.1) is 0 Å². The third-order valence-electron chi connectivity index (χ3n) is 3.60. The van der Waals surface area contributed by atoms with Crippen LogP contribution in [0.4, 0.5) is 0 Å². The topological polar surface area (TPSA) is 67.0 Å². The van der Waals surface area contributed by atoms with Crippen molar-refractivity contribution in [2.24, 2.45) is 0 Å². The average molecular weight is 251 g/mol. The van der Waals surface area contributed by atoms with Crippen molar-refractivity contribution in [2.45, 2.75) is 44.8 Å². The van der Waals surface area contributed by atoms with Crippen molar-refractivity contribution in [3.63, 3.8) is 0 Å². The zero-order valence-corrected chi connectivity index (χ0v) is 11.1. The first-order chi connectivity index (χ1) is 8.72. The fourth-order valence-corrected chi connectivity index (χ4v) is 2.21.